The largest absolute Gasteiger partial charge is 0.270 e. The Morgan fingerprint density at radius 2 is 1.88 bits per heavy atom. The molecule has 0 aliphatic carbocycles. The normalized spacial score (nSPS) is 13.6. The lowest BCUT2D eigenvalue weighted by molar-refractivity contribution is -0.384. The SMILES string of the molecule is Br.CCN1N=C(c2ccc(C)cc2)SC=C1c1cccc([N+](=O)[O-])c1. The lowest BCUT2D eigenvalue weighted by Gasteiger charge is -2.25. The van der Waals surface area contributed by atoms with Gasteiger partial charge in [0.2, 0.25) is 0 Å². The Balaban J connectivity index is 0.00000225. The Morgan fingerprint density at radius 1 is 1.16 bits per heavy atom. The first-order chi connectivity index (χ1) is 11.6. The summed E-state index contributed by atoms with van der Waals surface area (Å²) in [5.74, 6) is 0. The summed E-state index contributed by atoms with van der Waals surface area (Å²) in [6, 6.07) is 14.9. The van der Waals surface area contributed by atoms with Gasteiger partial charge in [-0.15, -0.1) is 17.0 Å². The van der Waals surface area contributed by atoms with E-state index in [0.29, 0.717) is 6.54 Å². The van der Waals surface area contributed by atoms with Crippen molar-refractivity contribution in [3.63, 3.8) is 0 Å². The highest BCUT2D eigenvalue weighted by Gasteiger charge is 2.19. The maximum absolute atomic E-state index is 11.0. The van der Waals surface area contributed by atoms with Gasteiger partial charge in [-0.05, 0) is 13.8 Å². The summed E-state index contributed by atoms with van der Waals surface area (Å²) in [5, 5.41) is 20.5. The molecular weight excluding hydrogens is 402 g/mol. The molecule has 0 radical (unpaired) electrons. The van der Waals surface area contributed by atoms with Crippen LogP contribution in [0.2, 0.25) is 0 Å². The number of hydrogen-bond donors (Lipinski definition) is 0. The van der Waals surface area contributed by atoms with Gasteiger partial charge in [-0.25, -0.2) is 0 Å². The quantitative estimate of drug-likeness (QED) is 0.503. The number of nitro groups is 1. The first-order valence-corrected chi connectivity index (χ1v) is 8.51. The second-order valence-electron chi connectivity index (χ2n) is 5.42. The maximum atomic E-state index is 11.0. The molecule has 0 saturated heterocycles. The number of nitrogens with zero attached hydrogens (tertiary/aromatic N) is 3. The third-order valence-corrected chi connectivity index (χ3v) is 4.60. The average molecular weight is 420 g/mol. The smallest absolute Gasteiger partial charge is 0.264 e. The molecule has 0 aromatic heterocycles. The molecule has 5 nitrogen and oxygen atoms in total. The van der Waals surface area contributed by atoms with E-state index < -0.39 is 0 Å². The summed E-state index contributed by atoms with van der Waals surface area (Å²) in [4.78, 5) is 10.6. The molecule has 25 heavy (non-hydrogen) atoms. The van der Waals surface area contributed by atoms with E-state index in [2.05, 4.69) is 31.2 Å². The highest BCUT2D eigenvalue weighted by atomic mass is 79.9. The van der Waals surface area contributed by atoms with Gasteiger partial charge in [-0.3, -0.25) is 15.1 Å². The molecule has 0 atom stereocenters. The number of non-ortho nitro benzene ring substituents is 1. The highest BCUT2D eigenvalue weighted by Crippen LogP contribution is 2.32. The van der Waals surface area contributed by atoms with Crippen LogP contribution in [0.5, 0.6) is 0 Å². The van der Waals surface area contributed by atoms with Crippen molar-refractivity contribution in [2.24, 2.45) is 5.10 Å². The Bertz CT molecular complexity index is 834. The Labute approximate surface area is 161 Å². The number of thioether (sulfide) groups is 1. The Morgan fingerprint density at radius 3 is 2.52 bits per heavy atom. The molecule has 0 amide bonds. The lowest BCUT2D eigenvalue weighted by Crippen LogP contribution is -2.20. The molecule has 1 heterocycles. The van der Waals surface area contributed by atoms with E-state index in [1.54, 1.807) is 12.1 Å². The topological polar surface area (TPSA) is 58.7 Å². The van der Waals surface area contributed by atoms with Crippen molar-refractivity contribution < 1.29 is 4.92 Å². The van der Waals surface area contributed by atoms with Crippen molar-refractivity contribution in [1.29, 1.82) is 0 Å². The predicted octanol–water partition coefficient (Wildman–Crippen LogP) is 5.21. The van der Waals surface area contributed by atoms with E-state index in [1.165, 1.54) is 23.4 Å². The van der Waals surface area contributed by atoms with Crippen LogP contribution in [0.25, 0.3) is 5.70 Å². The summed E-state index contributed by atoms with van der Waals surface area (Å²) in [7, 11) is 0. The number of nitro benzene ring substituents is 1. The fourth-order valence-corrected chi connectivity index (χ4v) is 3.32. The summed E-state index contributed by atoms with van der Waals surface area (Å²) < 4.78 is 0. The van der Waals surface area contributed by atoms with Gasteiger partial charge < -0.3 is 0 Å². The second-order valence-corrected chi connectivity index (χ2v) is 6.27. The van der Waals surface area contributed by atoms with Gasteiger partial charge in [0, 0.05) is 35.2 Å². The van der Waals surface area contributed by atoms with Crippen LogP contribution in [-0.4, -0.2) is 21.5 Å². The first kappa shape index (κ1) is 19.2. The Hall–Kier alpha value is -2.12. The number of benzene rings is 2. The van der Waals surface area contributed by atoms with E-state index in [9.17, 15) is 10.1 Å². The number of rotatable bonds is 4. The van der Waals surface area contributed by atoms with Gasteiger partial charge in [0.15, 0.2) is 0 Å². The van der Waals surface area contributed by atoms with E-state index in [4.69, 9.17) is 5.10 Å². The molecule has 7 heteroatoms. The summed E-state index contributed by atoms with van der Waals surface area (Å²) >= 11 is 1.53. The maximum Gasteiger partial charge on any atom is 0.270 e. The van der Waals surface area contributed by atoms with Gasteiger partial charge in [-0.2, -0.15) is 5.10 Å². The number of aryl methyl sites for hydroxylation is 1. The van der Waals surface area contributed by atoms with Crippen LogP contribution in [0.4, 0.5) is 5.69 Å². The molecule has 0 spiro atoms. The van der Waals surface area contributed by atoms with Gasteiger partial charge >= 0.3 is 0 Å². The molecule has 1 aliphatic heterocycles. The third kappa shape index (κ3) is 4.29. The molecule has 0 N–H and O–H groups in total. The summed E-state index contributed by atoms with van der Waals surface area (Å²) in [6.07, 6.45) is 0. The number of hydrazone groups is 1. The van der Waals surface area contributed by atoms with Crippen LogP contribution in [0, 0.1) is 17.0 Å². The zero-order valence-electron chi connectivity index (χ0n) is 13.9. The van der Waals surface area contributed by atoms with Crippen LogP contribution < -0.4 is 0 Å². The molecule has 1 aliphatic rings. The van der Waals surface area contributed by atoms with Crippen LogP contribution in [0.1, 0.15) is 23.6 Å². The van der Waals surface area contributed by atoms with E-state index in [1.807, 2.05) is 23.4 Å². The minimum Gasteiger partial charge on any atom is -0.264 e. The molecule has 0 fully saturated rings. The summed E-state index contributed by atoms with van der Waals surface area (Å²) in [6.45, 7) is 4.75. The molecule has 3 rings (SSSR count). The van der Waals surface area contributed by atoms with E-state index in [-0.39, 0.29) is 27.6 Å². The van der Waals surface area contributed by atoms with E-state index >= 15 is 0 Å². The zero-order valence-corrected chi connectivity index (χ0v) is 16.4. The van der Waals surface area contributed by atoms with Gasteiger partial charge in [0.25, 0.3) is 5.69 Å². The fraction of sp³-hybridized carbons (Fsp3) is 0.167. The molecule has 2 aromatic rings. The van der Waals surface area contributed by atoms with Crippen LogP contribution in [0.15, 0.2) is 59.0 Å². The molecule has 2 aromatic carbocycles. The molecule has 0 bridgehead atoms. The highest BCUT2D eigenvalue weighted by molar-refractivity contribution is 8.93. The van der Waals surface area contributed by atoms with Gasteiger partial charge in [0.05, 0.1) is 10.6 Å². The van der Waals surface area contributed by atoms with Crippen molar-refractivity contribution in [2.75, 3.05) is 6.54 Å². The van der Waals surface area contributed by atoms with Crippen LogP contribution >= 0.6 is 28.7 Å². The van der Waals surface area contributed by atoms with Gasteiger partial charge in [0.1, 0.15) is 5.04 Å². The number of hydrogen-bond acceptors (Lipinski definition) is 5. The van der Waals surface area contributed by atoms with Gasteiger partial charge in [-0.1, -0.05) is 53.7 Å². The van der Waals surface area contributed by atoms with Crippen molar-refractivity contribution in [2.45, 2.75) is 13.8 Å². The molecule has 0 saturated carbocycles. The van der Waals surface area contributed by atoms with Crippen molar-refractivity contribution in [3.05, 3.63) is 80.7 Å². The molecular formula is C18H18BrN3O2S. The lowest BCUT2D eigenvalue weighted by atomic mass is 10.1. The molecule has 0 unspecified atom stereocenters. The van der Waals surface area contributed by atoms with Crippen molar-refractivity contribution in [1.82, 2.24) is 5.01 Å². The Kier molecular flexibility index (Phi) is 6.39. The first-order valence-electron chi connectivity index (χ1n) is 7.63. The molecule has 130 valence electrons. The van der Waals surface area contributed by atoms with Crippen LogP contribution in [-0.2, 0) is 0 Å². The van der Waals surface area contributed by atoms with Crippen molar-refractivity contribution in [3.8, 4) is 0 Å². The predicted molar refractivity (Wildman–Crippen MR) is 109 cm³/mol. The monoisotopic (exact) mass is 419 g/mol. The van der Waals surface area contributed by atoms with Crippen LogP contribution in [0.3, 0.4) is 0 Å². The minimum absolute atomic E-state index is 0. The summed E-state index contributed by atoms with van der Waals surface area (Å²) in [5.41, 5.74) is 4.04. The zero-order chi connectivity index (χ0) is 17.1. The second kappa shape index (κ2) is 8.31. The third-order valence-electron chi connectivity index (χ3n) is 3.72. The van der Waals surface area contributed by atoms with E-state index in [0.717, 1.165) is 21.9 Å². The minimum atomic E-state index is -0.378. The standard InChI is InChI=1S/C18H17N3O2S.BrH/c1-3-20-17(15-5-4-6-16(11-15)21(22)23)12-24-18(19-20)14-9-7-13(2)8-10-14;/h4-12H,3H2,1-2H3;1H. The fourth-order valence-electron chi connectivity index (χ4n) is 2.42. The average Bonchev–Trinajstić information content (AvgIpc) is 2.62. The number of halogens is 1. The van der Waals surface area contributed by atoms with Crippen molar-refractivity contribution >= 4 is 45.2 Å².